The number of nitrogens with one attached hydrogen (secondary N) is 1. The third-order valence-electron chi connectivity index (χ3n) is 5.64. The molecule has 180 valence electrons. The van der Waals surface area contributed by atoms with Crippen LogP contribution in [0.25, 0.3) is 0 Å². The molecule has 3 aromatic rings. The quantitative estimate of drug-likeness (QED) is 0.425. The van der Waals surface area contributed by atoms with Gasteiger partial charge in [0.15, 0.2) is 0 Å². The van der Waals surface area contributed by atoms with Crippen molar-refractivity contribution in [3.63, 3.8) is 0 Å². The molecule has 0 bridgehead atoms. The normalized spacial score (nSPS) is 12.1. The maximum Gasteiger partial charge on any atom is 0.264 e. The first-order valence-electron chi connectivity index (χ1n) is 10.9. The van der Waals surface area contributed by atoms with Crippen LogP contribution < -0.4 is 14.4 Å². The van der Waals surface area contributed by atoms with Gasteiger partial charge in [-0.25, -0.2) is 8.42 Å². The minimum atomic E-state index is -4.01. The molecule has 0 unspecified atom stereocenters. The van der Waals surface area contributed by atoms with Crippen LogP contribution >= 0.6 is 11.6 Å². The van der Waals surface area contributed by atoms with Crippen molar-refractivity contribution in [2.24, 2.45) is 0 Å². The first-order chi connectivity index (χ1) is 16.2. The number of para-hydroxylation sites is 1. The van der Waals surface area contributed by atoms with Gasteiger partial charge in [-0.05, 0) is 73.4 Å². The van der Waals surface area contributed by atoms with Crippen LogP contribution in [0.2, 0.25) is 5.02 Å². The van der Waals surface area contributed by atoms with Crippen molar-refractivity contribution in [3.8, 4) is 5.75 Å². The fourth-order valence-electron chi connectivity index (χ4n) is 3.79. The smallest absolute Gasteiger partial charge is 0.264 e. The minimum absolute atomic E-state index is 0.0609. The number of aryl methyl sites for hydroxylation is 2. The second kappa shape index (κ2) is 10.9. The number of hydrogen-bond donors (Lipinski definition) is 1. The number of carbonyl (C=O) groups is 1. The lowest BCUT2D eigenvalue weighted by Gasteiger charge is -2.27. The molecule has 3 rings (SSSR count). The summed E-state index contributed by atoms with van der Waals surface area (Å²) in [6.07, 6.45) is 0.645. The highest BCUT2D eigenvalue weighted by molar-refractivity contribution is 7.92. The Morgan fingerprint density at radius 3 is 2.29 bits per heavy atom. The molecule has 34 heavy (non-hydrogen) atoms. The van der Waals surface area contributed by atoms with Crippen LogP contribution in [0.4, 0.5) is 5.69 Å². The standard InChI is InChI=1S/C26H29ClN2O4S/c1-5-23(20-10-15-25(33-4)19(3)16-20)28-26(30)17-29(24-9-7-6-8-18(24)2)34(31,32)22-13-11-21(27)12-14-22/h6-16,23H,5,17H2,1-4H3,(H,28,30)/t23-/m1/s1. The zero-order chi connectivity index (χ0) is 24.9. The number of hydrogen-bond acceptors (Lipinski definition) is 4. The van der Waals surface area contributed by atoms with E-state index in [2.05, 4.69) is 5.32 Å². The van der Waals surface area contributed by atoms with Gasteiger partial charge in [-0.3, -0.25) is 9.10 Å². The van der Waals surface area contributed by atoms with E-state index in [0.717, 1.165) is 26.7 Å². The molecule has 0 fully saturated rings. The lowest BCUT2D eigenvalue weighted by atomic mass is 10.0. The molecule has 1 atom stereocenters. The van der Waals surface area contributed by atoms with E-state index in [4.69, 9.17) is 16.3 Å². The maximum absolute atomic E-state index is 13.6. The molecule has 0 aliphatic heterocycles. The third kappa shape index (κ3) is 5.72. The van der Waals surface area contributed by atoms with Gasteiger partial charge >= 0.3 is 0 Å². The van der Waals surface area contributed by atoms with Crippen molar-refractivity contribution in [1.29, 1.82) is 0 Å². The highest BCUT2D eigenvalue weighted by Crippen LogP contribution is 2.28. The van der Waals surface area contributed by atoms with Crippen LogP contribution in [0.3, 0.4) is 0 Å². The Labute approximate surface area is 206 Å². The Bertz CT molecular complexity index is 1260. The number of nitrogens with zero attached hydrogens (tertiary/aromatic N) is 1. The minimum Gasteiger partial charge on any atom is -0.496 e. The van der Waals surface area contributed by atoms with E-state index >= 15 is 0 Å². The molecule has 0 radical (unpaired) electrons. The van der Waals surface area contributed by atoms with Crippen LogP contribution in [-0.2, 0) is 14.8 Å². The lowest BCUT2D eigenvalue weighted by Crippen LogP contribution is -2.42. The van der Waals surface area contributed by atoms with E-state index in [1.807, 2.05) is 51.1 Å². The summed E-state index contributed by atoms with van der Waals surface area (Å²) in [5.41, 5.74) is 3.07. The van der Waals surface area contributed by atoms with Crippen LogP contribution in [0.15, 0.2) is 71.6 Å². The topological polar surface area (TPSA) is 75.7 Å². The van der Waals surface area contributed by atoms with Crippen molar-refractivity contribution < 1.29 is 17.9 Å². The van der Waals surface area contributed by atoms with Gasteiger partial charge in [-0.1, -0.05) is 48.9 Å². The molecule has 0 saturated carbocycles. The van der Waals surface area contributed by atoms with E-state index in [1.54, 1.807) is 19.2 Å². The lowest BCUT2D eigenvalue weighted by molar-refractivity contribution is -0.120. The molecule has 0 heterocycles. The van der Waals surface area contributed by atoms with Gasteiger partial charge in [0.1, 0.15) is 12.3 Å². The number of amides is 1. The molecule has 0 spiro atoms. The largest absolute Gasteiger partial charge is 0.496 e. The van der Waals surface area contributed by atoms with Crippen LogP contribution in [0.1, 0.15) is 36.1 Å². The molecule has 1 amide bonds. The van der Waals surface area contributed by atoms with Gasteiger partial charge in [-0.2, -0.15) is 0 Å². The van der Waals surface area contributed by atoms with Gasteiger partial charge in [0.2, 0.25) is 5.91 Å². The zero-order valence-corrected chi connectivity index (χ0v) is 21.3. The van der Waals surface area contributed by atoms with Crippen molar-refractivity contribution >= 4 is 33.2 Å². The molecule has 0 aromatic heterocycles. The van der Waals surface area contributed by atoms with Gasteiger partial charge in [0.25, 0.3) is 10.0 Å². The van der Waals surface area contributed by atoms with Crippen LogP contribution in [0, 0.1) is 13.8 Å². The number of sulfonamides is 1. The van der Waals surface area contributed by atoms with E-state index in [9.17, 15) is 13.2 Å². The monoisotopic (exact) mass is 500 g/mol. The summed E-state index contributed by atoms with van der Waals surface area (Å²) < 4.78 is 33.6. The van der Waals surface area contributed by atoms with Crippen molar-refractivity contribution in [1.82, 2.24) is 5.32 Å². The summed E-state index contributed by atoms with van der Waals surface area (Å²) in [7, 11) is -2.40. The Kier molecular flexibility index (Phi) is 8.23. The average Bonchev–Trinajstić information content (AvgIpc) is 2.81. The number of benzene rings is 3. The third-order valence-corrected chi connectivity index (χ3v) is 7.66. The molecule has 0 saturated heterocycles. The van der Waals surface area contributed by atoms with E-state index in [0.29, 0.717) is 17.1 Å². The van der Waals surface area contributed by atoms with Crippen molar-refractivity contribution in [3.05, 3.63) is 88.4 Å². The predicted octanol–water partition coefficient (Wildman–Crippen LogP) is 5.43. The van der Waals surface area contributed by atoms with Gasteiger partial charge in [-0.15, -0.1) is 0 Å². The molecule has 3 aromatic carbocycles. The summed E-state index contributed by atoms with van der Waals surface area (Å²) in [5, 5.41) is 3.42. The van der Waals surface area contributed by atoms with Crippen LogP contribution in [0.5, 0.6) is 5.75 Å². The first kappa shape index (κ1) is 25.6. The highest BCUT2D eigenvalue weighted by atomic mass is 35.5. The molecule has 6 nitrogen and oxygen atoms in total. The summed E-state index contributed by atoms with van der Waals surface area (Å²) in [4.78, 5) is 13.2. The van der Waals surface area contributed by atoms with Gasteiger partial charge in [0, 0.05) is 5.02 Å². The Hall–Kier alpha value is -3.03. The SMILES string of the molecule is CC[C@@H](NC(=O)CN(c1ccccc1C)S(=O)(=O)c1ccc(Cl)cc1)c1ccc(OC)c(C)c1. The molecule has 0 aliphatic carbocycles. The summed E-state index contributed by atoms with van der Waals surface area (Å²) >= 11 is 5.95. The number of methoxy groups -OCH3 is 1. The van der Waals surface area contributed by atoms with Gasteiger partial charge in [0.05, 0.1) is 23.7 Å². The second-order valence-corrected chi connectivity index (χ2v) is 10.3. The number of anilines is 1. The fraction of sp³-hybridized carbons (Fsp3) is 0.269. The van der Waals surface area contributed by atoms with Crippen molar-refractivity contribution in [2.45, 2.75) is 38.1 Å². The number of halogens is 1. The van der Waals surface area contributed by atoms with E-state index in [1.165, 1.54) is 24.3 Å². The first-order valence-corrected chi connectivity index (χ1v) is 12.8. The average molecular weight is 501 g/mol. The molecular formula is C26H29ClN2O4S. The Balaban J connectivity index is 1.91. The van der Waals surface area contributed by atoms with E-state index in [-0.39, 0.29) is 17.5 Å². The highest BCUT2D eigenvalue weighted by Gasteiger charge is 2.29. The molecule has 0 aliphatic rings. The fourth-order valence-corrected chi connectivity index (χ4v) is 5.40. The number of ether oxygens (including phenoxy) is 1. The Morgan fingerprint density at radius 2 is 1.71 bits per heavy atom. The molecular weight excluding hydrogens is 472 g/mol. The predicted molar refractivity (Wildman–Crippen MR) is 136 cm³/mol. The number of carbonyl (C=O) groups excluding carboxylic acids is 1. The van der Waals surface area contributed by atoms with E-state index < -0.39 is 15.9 Å². The van der Waals surface area contributed by atoms with Crippen LogP contribution in [-0.4, -0.2) is 28.0 Å². The number of rotatable bonds is 9. The van der Waals surface area contributed by atoms with Gasteiger partial charge < -0.3 is 10.1 Å². The maximum atomic E-state index is 13.6. The Morgan fingerprint density at radius 1 is 1.03 bits per heavy atom. The second-order valence-electron chi connectivity index (χ2n) is 8.01. The molecule has 1 N–H and O–H groups in total. The summed E-state index contributed by atoms with van der Waals surface area (Å²) in [6, 6.07) is 18.5. The van der Waals surface area contributed by atoms with Crippen molar-refractivity contribution in [2.75, 3.05) is 18.0 Å². The summed E-state index contributed by atoms with van der Waals surface area (Å²) in [5.74, 6) is 0.367. The molecule has 8 heteroatoms. The summed E-state index contributed by atoms with van der Waals surface area (Å²) in [6.45, 7) is 5.36. The zero-order valence-electron chi connectivity index (χ0n) is 19.7.